The molecule has 0 aliphatic carbocycles. The van der Waals surface area contributed by atoms with Gasteiger partial charge in [-0.3, -0.25) is 0 Å². The molecule has 2 unspecified atom stereocenters. The van der Waals surface area contributed by atoms with Gasteiger partial charge in [0.2, 0.25) is 0 Å². The Bertz CT molecular complexity index is 3590. The fourth-order valence-electron chi connectivity index (χ4n) is 11.1. The molecule has 3 nitrogen and oxygen atoms in total. The van der Waals surface area contributed by atoms with E-state index in [0.717, 1.165) is 66.5 Å². The van der Waals surface area contributed by atoms with Gasteiger partial charge in [-0.2, -0.15) is 0 Å². The van der Waals surface area contributed by atoms with E-state index in [4.69, 9.17) is 0 Å². The van der Waals surface area contributed by atoms with E-state index in [1.165, 1.54) is 38.5 Å². The highest BCUT2D eigenvalue weighted by atomic mass is 31.2. The topological polar surface area (TPSA) is 25.2 Å². The lowest BCUT2D eigenvalue weighted by molar-refractivity contribution is 0.590. The minimum atomic E-state index is -3.44. The fourth-order valence-corrected chi connectivity index (χ4v) is 14.2. The lowest BCUT2D eigenvalue weighted by Gasteiger charge is -2.48. The number of aromatic nitrogens is 1. The zero-order chi connectivity index (χ0) is 43.1. The summed E-state index contributed by atoms with van der Waals surface area (Å²) in [6.07, 6.45) is 0. The van der Waals surface area contributed by atoms with Gasteiger partial charge in [0.1, 0.15) is 0 Å². The summed E-state index contributed by atoms with van der Waals surface area (Å²) in [6, 6.07) is 88.8. The predicted octanol–water partition coefficient (Wildman–Crippen LogP) is 14.2. The molecular weight excluding hydrogens is 808 g/mol. The minimum absolute atomic E-state index is 0.828. The minimum Gasteiger partial charge on any atom is -0.310 e. The summed E-state index contributed by atoms with van der Waals surface area (Å²) in [5, 5.41) is 5.00. The number of hydrogen-bond donors (Lipinski definition) is 0. The van der Waals surface area contributed by atoms with Gasteiger partial charge in [0.15, 0.2) is 7.14 Å². The maximum Gasteiger partial charge on any atom is 0.171 e. The average Bonchev–Trinajstić information content (AvgIpc) is 3.73. The third kappa shape index (κ3) is 5.40. The number of fused-ring (bicyclic) bond motifs is 11. The van der Waals surface area contributed by atoms with Crippen molar-refractivity contribution >= 4 is 61.9 Å². The SMILES string of the molecule is O=P1(c2ccccc2)c2ccccc2C2(c3ccccc3-n3c4ccccc4c4cccc2c43)c2cc(N(c3ccc(-c4ccccc4)cc3)c3ccc(-c4ccccc4)cc3)ccc21. The Morgan fingerprint density at radius 2 is 0.862 bits per heavy atom. The van der Waals surface area contributed by atoms with Gasteiger partial charge in [-0.15, -0.1) is 0 Å². The molecule has 10 aromatic carbocycles. The molecule has 0 saturated carbocycles. The lowest BCUT2D eigenvalue weighted by atomic mass is 9.62. The van der Waals surface area contributed by atoms with Crippen LogP contribution in [0, 0.1) is 0 Å². The van der Waals surface area contributed by atoms with Crippen LogP contribution in [0.25, 0.3) is 49.7 Å². The normalized spacial score (nSPS) is 16.8. The van der Waals surface area contributed by atoms with Crippen LogP contribution in [0.1, 0.15) is 22.3 Å². The highest BCUT2D eigenvalue weighted by molar-refractivity contribution is 7.85. The summed E-state index contributed by atoms with van der Waals surface area (Å²) in [7, 11) is -3.44. The predicted molar refractivity (Wildman–Crippen MR) is 271 cm³/mol. The molecule has 4 heteroatoms. The van der Waals surface area contributed by atoms with E-state index in [9.17, 15) is 0 Å². The standard InChI is InChI=1S/C61H41N2OP/c64-65(49-21-8-3-9-22-49)58-30-15-12-26-53(58)61(52-25-11-14-29-57(52)63-56-28-13-10-23-50(56)51-24-16-27-54(61)60(51)63)55-41-48(39-40-59(55)65)62(46-35-31-44(32-36-46)42-17-4-1-5-18-42)47-37-33-45(34-38-47)43-19-6-2-7-20-43/h1-41H. The highest BCUT2D eigenvalue weighted by Crippen LogP contribution is 2.61. The number of hydrogen-bond acceptors (Lipinski definition) is 2. The highest BCUT2D eigenvalue weighted by Gasteiger charge is 2.54. The fraction of sp³-hybridized carbons (Fsp3) is 0.0164. The van der Waals surface area contributed by atoms with Crippen LogP contribution >= 0.6 is 7.14 Å². The number of benzene rings is 10. The Morgan fingerprint density at radius 1 is 0.369 bits per heavy atom. The smallest absolute Gasteiger partial charge is 0.171 e. The third-order valence-electron chi connectivity index (χ3n) is 13.9. The first-order valence-corrected chi connectivity index (χ1v) is 24.0. The van der Waals surface area contributed by atoms with E-state index in [1.807, 2.05) is 18.2 Å². The van der Waals surface area contributed by atoms with E-state index < -0.39 is 12.6 Å². The van der Waals surface area contributed by atoms with Gasteiger partial charge in [-0.25, -0.2) is 0 Å². The molecule has 1 aromatic heterocycles. The molecule has 13 rings (SSSR count). The Balaban J connectivity index is 1.13. The molecule has 0 fully saturated rings. The summed E-state index contributed by atoms with van der Waals surface area (Å²) in [5.74, 6) is 0. The molecule has 0 amide bonds. The monoisotopic (exact) mass is 848 g/mol. The Morgan fingerprint density at radius 3 is 1.54 bits per heavy atom. The van der Waals surface area contributed by atoms with E-state index in [0.29, 0.717) is 0 Å². The zero-order valence-electron chi connectivity index (χ0n) is 35.4. The molecular formula is C61H41N2OP. The molecule has 2 aliphatic heterocycles. The molecule has 2 aliphatic rings. The second-order valence-corrected chi connectivity index (χ2v) is 19.8. The van der Waals surface area contributed by atoms with Gasteiger partial charge in [-0.05, 0) is 99.1 Å². The molecule has 306 valence electrons. The van der Waals surface area contributed by atoms with Gasteiger partial charge >= 0.3 is 0 Å². The first-order valence-electron chi connectivity index (χ1n) is 22.3. The van der Waals surface area contributed by atoms with Crippen LogP contribution in [-0.4, -0.2) is 4.57 Å². The Hall–Kier alpha value is -7.97. The number of para-hydroxylation sites is 3. The average molecular weight is 849 g/mol. The van der Waals surface area contributed by atoms with Crippen molar-refractivity contribution < 1.29 is 4.57 Å². The second-order valence-electron chi connectivity index (χ2n) is 17.1. The van der Waals surface area contributed by atoms with E-state index in [2.05, 4.69) is 240 Å². The van der Waals surface area contributed by atoms with E-state index >= 15 is 4.57 Å². The Labute approximate surface area is 378 Å². The molecule has 0 bridgehead atoms. The molecule has 0 radical (unpaired) electrons. The van der Waals surface area contributed by atoms with Gasteiger partial charge in [-0.1, -0.05) is 194 Å². The van der Waals surface area contributed by atoms with Crippen LogP contribution in [-0.2, 0) is 9.98 Å². The summed E-state index contributed by atoms with van der Waals surface area (Å²) in [5.41, 5.74) is 14.8. The van der Waals surface area contributed by atoms with Gasteiger partial charge in [0.05, 0.1) is 22.1 Å². The molecule has 65 heavy (non-hydrogen) atoms. The van der Waals surface area contributed by atoms with Crippen LogP contribution in [0.4, 0.5) is 17.1 Å². The summed E-state index contributed by atoms with van der Waals surface area (Å²) < 4.78 is 19.3. The van der Waals surface area contributed by atoms with Crippen molar-refractivity contribution in [3.63, 3.8) is 0 Å². The van der Waals surface area contributed by atoms with Crippen molar-refractivity contribution in [2.24, 2.45) is 0 Å². The van der Waals surface area contributed by atoms with Gasteiger partial charge in [0.25, 0.3) is 0 Å². The van der Waals surface area contributed by atoms with Crippen molar-refractivity contribution in [3.05, 3.63) is 271 Å². The van der Waals surface area contributed by atoms with Crippen LogP contribution in [0.15, 0.2) is 249 Å². The number of nitrogens with zero attached hydrogens (tertiary/aromatic N) is 2. The molecule has 0 N–H and O–H groups in total. The second kappa shape index (κ2) is 14.5. The summed E-state index contributed by atoms with van der Waals surface area (Å²) in [4.78, 5) is 2.36. The van der Waals surface area contributed by atoms with E-state index in [-0.39, 0.29) is 0 Å². The maximum absolute atomic E-state index is 16.8. The summed E-state index contributed by atoms with van der Waals surface area (Å²) >= 11 is 0. The van der Waals surface area contributed by atoms with Crippen molar-refractivity contribution in [1.29, 1.82) is 0 Å². The third-order valence-corrected chi connectivity index (χ3v) is 17.0. The van der Waals surface area contributed by atoms with Gasteiger partial charge in [0, 0.05) is 43.7 Å². The molecule has 2 atom stereocenters. The van der Waals surface area contributed by atoms with E-state index in [1.54, 1.807) is 0 Å². The van der Waals surface area contributed by atoms with Gasteiger partial charge < -0.3 is 14.0 Å². The molecule has 11 aromatic rings. The summed E-state index contributed by atoms with van der Waals surface area (Å²) in [6.45, 7) is 0. The molecule has 0 saturated heterocycles. The van der Waals surface area contributed by atoms with Crippen molar-refractivity contribution in [3.8, 4) is 27.9 Å². The zero-order valence-corrected chi connectivity index (χ0v) is 36.3. The van der Waals surface area contributed by atoms with Crippen molar-refractivity contribution in [2.45, 2.75) is 5.41 Å². The molecule has 1 spiro atoms. The first-order chi connectivity index (χ1) is 32.1. The quantitative estimate of drug-likeness (QED) is 0.156. The maximum atomic E-state index is 16.8. The van der Waals surface area contributed by atoms with Crippen LogP contribution < -0.4 is 20.8 Å². The number of anilines is 3. The lowest BCUT2D eigenvalue weighted by Crippen LogP contribution is -2.48. The van der Waals surface area contributed by atoms with Crippen LogP contribution in [0.5, 0.6) is 0 Å². The number of rotatable bonds is 6. The van der Waals surface area contributed by atoms with Crippen LogP contribution in [0.2, 0.25) is 0 Å². The molecule has 3 heterocycles. The largest absolute Gasteiger partial charge is 0.310 e. The van der Waals surface area contributed by atoms with Crippen LogP contribution in [0.3, 0.4) is 0 Å². The first kappa shape index (κ1) is 37.6. The van der Waals surface area contributed by atoms with Crippen molar-refractivity contribution in [2.75, 3.05) is 4.90 Å². The van der Waals surface area contributed by atoms with Crippen molar-refractivity contribution in [1.82, 2.24) is 4.57 Å². The Kier molecular flexibility index (Phi) is 8.40.